The van der Waals surface area contributed by atoms with Crippen molar-refractivity contribution in [1.29, 1.82) is 0 Å². The Morgan fingerprint density at radius 3 is 2.48 bits per heavy atom. The molecule has 1 aromatic rings. The number of rotatable bonds is 2. The van der Waals surface area contributed by atoms with Crippen LogP contribution in [0.5, 0.6) is 5.75 Å². The number of fused-ring (bicyclic) bond motifs is 1. The van der Waals surface area contributed by atoms with E-state index in [1.54, 1.807) is 24.1 Å². The van der Waals surface area contributed by atoms with E-state index in [-0.39, 0.29) is 5.91 Å². The van der Waals surface area contributed by atoms with Gasteiger partial charge in [0.05, 0.1) is 18.3 Å². The van der Waals surface area contributed by atoms with Crippen molar-refractivity contribution in [2.75, 3.05) is 12.0 Å². The monoisotopic (exact) mass is 287 g/mol. The molecule has 0 fully saturated rings. The van der Waals surface area contributed by atoms with Crippen molar-refractivity contribution in [2.24, 2.45) is 5.73 Å². The molecule has 0 bridgehead atoms. The number of hydrogen-bond donors (Lipinski definition) is 1. The maximum Gasteiger partial charge on any atom is 0.247 e. The zero-order chi connectivity index (χ0) is 15.9. The number of nitrogens with two attached hydrogens (primary N) is 1. The lowest BCUT2D eigenvalue weighted by molar-refractivity contribution is -0.117. The summed E-state index contributed by atoms with van der Waals surface area (Å²) in [5, 5.41) is 0. The number of carbonyl (C=O) groups is 2. The average molecular weight is 287 g/mol. The van der Waals surface area contributed by atoms with Gasteiger partial charge in [-0.2, -0.15) is 0 Å². The van der Waals surface area contributed by atoms with Gasteiger partial charge in [-0.05, 0) is 32.4 Å². The molecular formula is C16H19N2O3. The quantitative estimate of drug-likeness (QED) is 0.903. The molecule has 0 aliphatic carbocycles. The van der Waals surface area contributed by atoms with E-state index in [0.29, 0.717) is 17.0 Å². The van der Waals surface area contributed by atoms with Gasteiger partial charge < -0.3 is 15.4 Å². The Bertz CT molecular complexity index is 659. The molecule has 1 heterocycles. The number of hydrogen-bond acceptors (Lipinski definition) is 3. The fourth-order valence-electron chi connectivity index (χ4n) is 3.12. The zero-order valence-corrected chi connectivity index (χ0v) is 12.9. The maximum atomic E-state index is 12.2. The summed E-state index contributed by atoms with van der Waals surface area (Å²) in [5.41, 5.74) is 7.38. The van der Waals surface area contributed by atoms with Crippen LogP contribution in [0.3, 0.4) is 0 Å². The fourth-order valence-corrected chi connectivity index (χ4v) is 3.12. The molecule has 0 saturated heterocycles. The van der Waals surface area contributed by atoms with E-state index in [0.717, 1.165) is 11.1 Å². The van der Waals surface area contributed by atoms with E-state index in [1.807, 2.05) is 20.8 Å². The minimum Gasteiger partial charge on any atom is -0.496 e. The molecule has 2 rings (SSSR count). The van der Waals surface area contributed by atoms with E-state index in [2.05, 4.69) is 6.07 Å². The summed E-state index contributed by atoms with van der Waals surface area (Å²) in [5.74, 6) is -0.155. The van der Waals surface area contributed by atoms with Crippen LogP contribution < -0.4 is 15.4 Å². The molecule has 5 heteroatoms. The smallest absolute Gasteiger partial charge is 0.247 e. The third kappa shape index (κ3) is 2.18. The Morgan fingerprint density at radius 2 is 2.00 bits per heavy atom. The first kappa shape index (κ1) is 15.1. The van der Waals surface area contributed by atoms with Crippen LogP contribution in [0.2, 0.25) is 0 Å². The van der Waals surface area contributed by atoms with Gasteiger partial charge in [0.2, 0.25) is 11.8 Å². The number of allylic oxidation sites excluding steroid dienone is 1. The van der Waals surface area contributed by atoms with Crippen molar-refractivity contribution in [2.45, 2.75) is 33.2 Å². The fraction of sp³-hybridized carbons (Fsp3) is 0.375. The highest BCUT2D eigenvalue weighted by atomic mass is 16.5. The first-order valence-electron chi connectivity index (χ1n) is 6.63. The molecule has 0 unspecified atom stereocenters. The molecule has 0 spiro atoms. The second kappa shape index (κ2) is 4.91. The van der Waals surface area contributed by atoms with Crippen LogP contribution >= 0.6 is 0 Å². The summed E-state index contributed by atoms with van der Waals surface area (Å²) < 4.78 is 5.18. The second-order valence-electron chi connectivity index (χ2n) is 5.58. The van der Waals surface area contributed by atoms with E-state index in [4.69, 9.17) is 10.5 Å². The molecule has 1 radical (unpaired) electrons. The Balaban J connectivity index is 2.83. The Kier molecular flexibility index (Phi) is 3.53. The summed E-state index contributed by atoms with van der Waals surface area (Å²) >= 11 is 0. The lowest BCUT2D eigenvalue weighted by atomic mass is 9.80. The number of ether oxygens (including phenoxy) is 1. The number of carbonyl (C=O) groups excluding carboxylic acids is 2. The molecule has 5 nitrogen and oxygen atoms in total. The predicted molar refractivity (Wildman–Crippen MR) is 80.9 cm³/mol. The Labute approximate surface area is 124 Å². The second-order valence-corrected chi connectivity index (χ2v) is 5.58. The van der Waals surface area contributed by atoms with Gasteiger partial charge in [0.15, 0.2) is 0 Å². The predicted octanol–water partition coefficient (Wildman–Crippen LogP) is 1.90. The highest BCUT2D eigenvalue weighted by molar-refractivity contribution is 6.10. The van der Waals surface area contributed by atoms with Gasteiger partial charge in [0, 0.05) is 30.2 Å². The van der Waals surface area contributed by atoms with Crippen molar-refractivity contribution in [1.82, 2.24) is 0 Å². The standard InChI is InChI=1S/C16H19N2O3/c1-9-12-7-6-11(21-5)8-13(12)18(10(2)19)16(3,4)14(9)15(17)20/h7-8H,1-5H3,(H2,17,20). The summed E-state index contributed by atoms with van der Waals surface area (Å²) in [7, 11) is 1.54. The molecule has 1 aliphatic rings. The molecule has 1 aliphatic heterocycles. The van der Waals surface area contributed by atoms with Crippen LogP contribution in [-0.4, -0.2) is 24.5 Å². The molecular weight excluding hydrogens is 268 g/mol. The number of amides is 2. The molecule has 0 atom stereocenters. The van der Waals surface area contributed by atoms with Crippen molar-refractivity contribution < 1.29 is 14.3 Å². The number of nitrogens with zero attached hydrogens (tertiary/aromatic N) is 1. The van der Waals surface area contributed by atoms with Crippen LogP contribution in [0.1, 0.15) is 33.3 Å². The molecule has 2 amide bonds. The number of benzene rings is 1. The van der Waals surface area contributed by atoms with Gasteiger partial charge in [-0.1, -0.05) is 0 Å². The van der Waals surface area contributed by atoms with Crippen molar-refractivity contribution in [3.05, 3.63) is 29.3 Å². The van der Waals surface area contributed by atoms with Gasteiger partial charge >= 0.3 is 0 Å². The molecule has 2 N–H and O–H groups in total. The first-order chi connectivity index (χ1) is 9.71. The largest absolute Gasteiger partial charge is 0.496 e. The average Bonchev–Trinajstić information content (AvgIpc) is 2.35. The minimum absolute atomic E-state index is 0.166. The van der Waals surface area contributed by atoms with E-state index >= 15 is 0 Å². The molecule has 0 aromatic heterocycles. The van der Waals surface area contributed by atoms with Crippen molar-refractivity contribution >= 4 is 23.1 Å². The number of methoxy groups -OCH3 is 1. The van der Waals surface area contributed by atoms with Crippen LogP contribution in [0.15, 0.2) is 17.7 Å². The van der Waals surface area contributed by atoms with Gasteiger partial charge in [0.1, 0.15) is 5.75 Å². The van der Waals surface area contributed by atoms with Gasteiger partial charge in [-0.25, -0.2) is 0 Å². The summed E-state index contributed by atoms with van der Waals surface area (Å²) in [6, 6.07) is 6.45. The molecule has 0 saturated carbocycles. The van der Waals surface area contributed by atoms with Crippen LogP contribution in [0.25, 0.3) is 5.57 Å². The van der Waals surface area contributed by atoms with Crippen LogP contribution in [0.4, 0.5) is 5.69 Å². The topological polar surface area (TPSA) is 72.6 Å². The van der Waals surface area contributed by atoms with Gasteiger partial charge in [-0.15, -0.1) is 0 Å². The van der Waals surface area contributed by atoms with Gasteiger partial charge in [-0.3, -0.25) is 9.59 Å². The normalized spacial score (nSPS) is 16.5. The van der Waals surface area contributed by atoms with E-state index < -0.39 is 11.4 Å². The van der Waals surface area contributed by atoms with Crippen LogP contribution in [-0.2, 0) is 9.59 Å². The summed E-state index contributed by atoms with van der Waals surface area (Å²) in [6.07, 6.45) is 0. The highest BCUT2D eigenvalue weighted by Crippen LogP contribution is 2.44. The van der Waals surface area contributed by atoms with E-state index in [1.165, 1.54) is 6.92 Å². The number of primary amides is 1. The number of anilines is 1. The third-order valence-electron chi connectivity index (χ3n) is 3.87. The lowest BCUT2D eigenvalue weighted by Gasteiger charge is -2.44. The van der Waals surface area contributed by atoms with Gasteiger partial charge in [0.25, 0.3) is 0 Å². The Morgan fingerprint density at radius 1 is 1.38 bits per heavy atom. The van der Waals surface area contributed by atoms with E-state index in [9.17, 15) is 9.59 Å². The van der Waals surface area contributed by atoms with Crippen LogP contribution in [0, 0.1) is 6.07 Å². The maximum absolute atomic E-state index is 12.2. The van der Waals surface area contributed by atoms with Crippen molar-refractivity contribution in [3.63, 3.8) is 0 Å². The highest BCUT2D eigenvalue weighted by Gasteiger charge is 2.42. The summed E-state index contributed by atoms with van der Waals surface area (Å²) in [6.45, 7) is 6.92. The third-order valence-corrected chi connectivity index (χ3v) is 3.87. The molecule has 21 heavy (non-hydrogen) atoms. The minimum atomic E-state index is -0.818. The zero-order valence-electron chi connectivity index (χ0n) is 12.9. The lowest BCUT2D eigenvalue weighted by Crippen LogP contribution is -2.53. The Hall–Kier alpha value is -2.30. The first-order valence-corrected chi connectivity index (χ1v) is 6.63. The SMILES string of the molecule is COc1[c]cc2c(c1)N(C(C)=O)C(C)(C)C(C(N)=O)=C2C. The molecule has 1 aromatic carbocycles. The molecule has 111 valence electrons. The summed E-state index contributed by atoms with van der Waals surface area (Å²) in [4.78, 5) is 25.6. The van der Waals surface area contributed by atoms with Crippen molar-refractivity contribution in [3.8, 4) is 5.75 Å².